The second kappa shape index (κ2) is 6.71. The molecule has 0 saturated heterocycles. The third kappa shape index (κ3) is 3.81. The van der Waals surface area contributed by atoms with E-state index in [9.17, 15) is 9.18 Å². The van der Waals surface area contributed by atoms with Gasteiger partial charge in [-0.05, 0) is 41.5 Å². The van der Waals surface area contributed by atoms with Gasteiger partial charge < -0.3 is 14.8 Å². The van der Waals surface area contributed by atoms with E-state index in [0.29, 0.717) is 23.6 Å². The largest absolute Gasteiger partial charge is 0.454 e. The second-order valence-electron chi connectivity index (χ2n) is 4.91. The van der Waals surface area contributed by atoms with Gasteiger partial charge in [-0.3, -0.25) is 4.79 Å². The molecule has 1 aliphatic rings. The molecule has 4 nitrogen and oxygen atoms in total. The number of rotatable bonds is 4. The molecule has 2 aromatic rings. The van der Waals surface area contributed by atoms with Gasteiger partial charge >= 0.3 is 0 Å². The third-order valence-electron chi connectivity index (χ3n) is 3.27. The van der Waals surface area contributed by atoms with Crippen LogP contribution in [0.15, 0.2) is 42.5 Å². The molecule has 0 spiro atoms. The summed E-state index contributed by atoms with van der Waals surface area (Å²) < 4.78 is 23.6. The maximum absolute atomic E-state index is 13.0. The Balaban J connectivity index is 1.57. The quantitative estimate of drug-likeness (QED) is 0.871. The Morgan fingerprint density at radius 1 is 1.22 bits per heavy atom. The van der Waals surface area contributed by atoms with Gasteiger partial charge in [-0.25, -0.2) is 4.39 Å². The van der Waals surface area contributed by atoms with Gasteiger partial charge in [-0.2, -0.15) is 0 Å². The van der Waals surface area contributed by atoms with Crippen LogP contribution in [-0.2, 0) is 11.3 Å². The topological polar surface area (TPSA) is 47.6 Å². The van der Waals surface area contributed by atoms with Crippen LogP contribution in [0, 0.1) is 5.82 Å². The van der Waals surface area contributed by atoms with Gasteiger partial charge in [0, 0.05) is 12.6 Å². The zero-order chi connectivity index (χ0) is 16.2. The number of carbonyl (C=O) groups is 1. The number of amides is 1. The molecule has 118 valence electrons. The van der Waals surface area contributed by atoms with Crippen molar-refractivity contribution in [3.8, 4) is 11.5 Å². The molecule has 1 amide bonds. The van der Waals surface area contributed by atoms with Crippen LogP contribution in [0.5, 0.6) is 11.5 Å². The molecule has 1 aliphatic heterocycles. The van der Waals surface area contributed by atoms with Crippen molar-refractivity contribution in [2.75, 3.05) is 6.79 Å². The zero-order valence-corrected chi connectivity index (χ0v) is 12.8. The Labute approximate surface area is 137 Å². The number of nitrogens with one attached hydrogen (secondary N) is 1. The molecular weight excluding hydrogens is 321 g/mol. The van der Waals surface area contributed by atoms with E-state index in [1.54, 1.807) is 18.2 Å². The van der Waals surface area contributed by atoms with Gasteiger partial charge in [-0.1, -0.05) is 23.7 Å². The summed E-state index contributed by atoms with van der Waals surface area (Å²) in [6, 6.07) is 9.75. The van der Waals surface area contributed by atoms with Crippen molar-refractivity contribution < 1.29 is 18.7 Å². The van der Waals surface area contributed by atoms with Crippen molar-refractivity contribution in [3.63, 3.8) is 0 Å². The normalized spacial score (nSPS) is 12.6. The maximum Gasteiger partial charge on any atom is 0.244 e. The molecule has 0 radical (unpaired) electrons. The van der Waals surface area contributed by atoms with E-state index < -0.39 is 5.82 Å². The minimum absolute atomic E-state index is 0.0212. The van der Waals surface area contributed by atoms with Crippen LogP contribution in [0.4, 0.5) is 4.39 Å². The van der Waals surface area contributed by atoms with Crippen molar-refractivity contribution in [1.82, 2.24) is 5.32 Å². The van der Waals surface area contributed by atoms with Crippen molar-refractivity contribution in [3.05, 3.63) is 64.4 Å². The first kappa shape index (κ1) is 15.4. The Bertz CT molecular complexity index is 776. The molecule has 0 aromatic heterocycles. The van der Waals surface area contributed by atoms with Gasteiger partial charge in [0.15, 0.2) is 11.5 Å². The van der Waals surface area contributed by atoms with E-state index in [1.807, 2.05) is 12.1 Å². The lowest BCUT2D eigenvalue weighted by molar-refractivity contribution is -0.116. The monoisotopic (exact) mass is 333 g/mol. The highest BCUT2D eigenvalue weighted by atomic mass is 35.5. The Kier molecular flexibility index (Phi) is 4.48. The number of hydrogen-bond acceptors (Lipinski definition) is 3. The van der Waals surface area contributed by atoms with Gasteiger partial charge in [-0.15, -0.1) is 0 Å². The van der Waals surface area contributed by atoms with Crippen LogP contribution in [0.2, 0.25) is 5.02 Å². The van der Waals surface area contributed by atoms with Crippen LogP contribution in [0.1, 0.15) is 11.1 Å². The Morgan fingerprint density at radius 3 is 2.87 bits per heavy atom. The highest BCUT2D eigenvalue weighted by molar-refractivity contribution is 6.30. The minimum Gasteiger partial charge on any atom is -0.454 e. The van der Waals surface area contributed by atoms with E-state index in [2.05, 4.69) is 5.32 Å². The number of halogens is 2. The summed E-state index contributed by atoms with van der Waals surface area (Å²) in [6.45, 7) is 0.581. The molecule has 0 bridgehead atoms. The molecule has 0 aliphatic carbocycles. The average Bonchev–Trinajstić information content (AvgIpc) is 3.01. The van der Waals surface area contributed by atoms with E-state index in [0.717, 1.165) is 5.56 Å². The summed E-state index contributed by atoms with van der Waals surface area (Å²) in [4.78, 5) is 11.8. The highest BCUT2D eigenvalue weighted by Crippen LogP contribution is 2.32. The molecular formula is C17H13ClFNO3. The molecule has 23 heavy (non-hydrogen) atoms. The van der Waals surface area contributed by atoms with Crippen molar-refractivity contribution in [1.29, 1.82) is 0 Å². The first-order chi connectivity index (χ1) is 11.1. The molecule has 1 N–H and O–H groups in total. The standard InChI is InChI=1S/C17H13ClFNO3/c18-13-7-11(1-4-14(13)19)3-6-17(21)20-9-12-2-5-15-16(8-12)23-10-22-15/h1-8H,9-10H2,(H,20,21)/b6-3+. The average molecular weight is 334 g/mol. The van der Waals surface area contributed by atoms with E-state index in [1.165, 1.54) is 18.2 Å². The fraction of sp³-hybridized carbons (Fsp3) is 0.118. The van der Waals surface area contributed by atoms with Crippen molar-refractivity contribution in [2.24, 2.45) is 0 Å². The number of benzene rings is 2. The highest BCUT2D eigenvalue weighted by Gasteiger charge is 2.13. The van der Waals surface area contributed by atoms with Crippen LogP contribution in [-0.4, -0.2) is 12.7 Å². The first-order valence-corrected chi connectivity index (χ1v) is 7.29. The van der Waals surface area contributed by atoms with Crippen LogP contribution in [0.3, 0.4) is 0 Å². The molecule has 1 heterocycles. The summed E-state index contributed by atoms with van der Waals surface area (Å²) >= 11 is 5.69. The number of carbonyl (C=O) groups excluding carboxylic acids is 1. The fourth-order valence-electron chi connectivity index (χ4n) is 2.09. The molecule has 0 saturated carbocycles. The van der Waals surface area contributed by atoms with E-state index >= 15 is 0 Å². The van der Waals surface area contributed by atoms with Gasteiger partial charge in [0.2, 0.25) is 12.7 Å². The molecule has 3 rings (SSSR count). The Morgan fingerprint density at radius 2 is 2.04 bits per heavy atom. The molecule has 0 atom stereocenters. The van der Waals surface area contributed by atoms with Gasteiger partial charge in [0.1, 0.15) is 5.82 Å². The summed E-state index contributed by atoms with van der Waals surface area (Å²) in [6.07, 6.45) is 2.94. The maximum atomic E-state index is 13.0. The van der Waals surface area contributed by atoms with Crippen LogP contribution in [0.25, 0.3) is 6.08 Å². The molecule has 2 aromatic carbocycles. The number of fused-ring (bicyclic) bond motifs is 1. The first-order valence-electron chi connectivity index (χ1n) is 6.91. The lowest BCUT2D eigenvalue weighted by Gasteiger charge is -2.04. The van der Waals surface area contributed by atoms with Gasteiger partial charge in [0.25, 0.3) is 0 Å². The Hall–Kier alpha value is -2.53. The summed E-state index contributed by atoms with van der Waals surface area (Å²) in [5.74, 6) is 0.626. The number of hydrogen-bond donors (Lipinski definition) is 1. The van der Waals surface area contributed by atoms with Gasteiger partial charge in [0.05, 0.1) is 5.02 Å². The number of ether oxygens (including phenoxy) is 2. The fourth-order valence-corrected chi connectivity index (χ4v) is 2.28. The lowest BCUT2D eigenvalue weighted by atomic mass is 10.2. The third-order valence-corrected chi connectivity index (χ3v) is 3.56. The van der Waals surface area contributed by atoms with Crippen LogP contribution >= 0.6 is 11.6 Å². The van der Waals surface area contributed by atoms with Crippen LogP contribution < -0.4 is 14.8 Å². The van der Waals surface area contributed by atoms with E-state index in [-0.39, 0.29) is 17.7 Å². The summed E-state index contributed by atoms with van der Waals surface area (Å²) in [5.41, 5.74) is 1.55. The molecule has 0 fully saturated rings. The predicted octanol–water partition coefficient (Wildman–Crippen LogP) is 3.54. The second-order valence-corrected chi connectivity index (χ2v) is 5.32. The summed E-state index contributed by atoms with van der Waals surface area (Å²) in [5, 5.41) is 2.78. The van der Waals surface area contributed by atoms with Crippen molar-refractivity contribution in [2.45, 2.75) is 6.54 Å². The van der Waals surface area contributed by atoms with Crippen molar-refractivity contribution >= 4 is 23.6 Å². The smallest absolute Gasteiger partial charge is 0.244 e. The van der Waals surface area contributed by atoms with E-state index in [4.69, 9.17) is 21.1 Å². The lowest BCUT2D eigenvalue weighted by Crippen LogP contribution is -2.20. The summed E-state index contributed by atoms with van der Waals surface area (Å²) in [7, 11) is 0. The molecule has 0 unspecified atom stereocenters. The zero-order valence-electron chi connectivity index (χ0n) is 12.0. The SMILES string of the molecule is O=C(/C=C/c1ccc(F)c(Cl)c1)NCc1ccc2c(c1)OCO2. The molecule has 6 heteroatoms. The minimum atomic E-state index is -0.490. The predicted molar refractivity (Wildman–Crippen MR) is 84.9 cm³/mol.